The van der Waals surface area contributed by atoms with E-state index in [9.17, 15) is 4.79 Å². The lowest BCUT2D eigenvalue weighted by molar-refractivity contribution is -0.902. The van der Waals surface area contributed by atoms with E-state index in [-0.39, 0.29) is 5.91 Å². The quantitative estimate of drug-likeness (QED) is 0.873. The highest BCUT2D eigenvalue weighted by atomic mass is 16.5. The lowest BCUT2D eigenvalue weighted by atomic mass is 9.75. The molecule has 1 saturated carbocycles. The van der Waals surface area contributed by atoms with E-state index in [1.807, 2.05) is 31.2 Å². The smallest absolute Gasteiger partial charge is 0.279 e. The molecule has 0 spiro atoms. The molecule has 0 aromatic heterocycles. The standard InChI is InChI=1S/C19H28N2O2/c1-2-23-18-10-6-5-9-17(18)20-19(22)14-21-12-11-15-7-3-4-8-16(15)13-21/h5-6,9-10,15-16H,2-4,7-8,11-14H2,1H3,(H,20,22)/p+1/t15-,16+/m0/s1. The number of hydrogen-bond acceptors (Lipinski definition) is 2. The Morgan fingerprint density at radius 3 is 2.83 bits per heavy atom. The molecule has 1 aromatic carbocycles. The molecule has 0 radical (unpaired) electrons. The van der Waals surface area contributed by atoms with Crippen molar-refractivity contribution in [1.82, 2.24) is 0 Å². The molecule has 2 N–H and O–H groups in total. The van der Waals surface area contributed by atoms with Crippen molar-refractivity contribution >= 4 is 11.6 Å². The summed E-state index contributed by atoms with van der Waals surface area (Å²) in [6.45, 7) is 5.45. The van der Waals surface area contributed by atoms with Gasteiger partial charge in [0.15, 0.2) is 6.54 Å². The van der Waals surface area contributed by atoms with Gasteiger partial charge in [0.2, 0.25) is 0 Å². The van der Waals surface area contributed by atoms with Crippen molar-refractivity contribution in [2.75, 3.05) is 31.6 Å². The van der Waals surface area contributed by atoms with E-state index in [2.05, 4.69) is 5.32 Å². The first-order chi connectivity index (χ1) is 11.3. The summed E-state index contributed by atoms with van der Waals surface area (Å²) in [6, 6.07) is 7.67. The second-order valence-electron chi connectivity index (χ2n) is 6.95. The molecule has 3 rings (SSSR count). The molecule has 1 heterocycles. The first kappa shape index (κ1) is 16.3. The average molecular weight is 317 g/mol. The molecule has 126 valence electrons. The predicted molar refractivity (Wildman–Crippen MR) is 91.9 cm³/mol. The van der Waals surface area contributed by atoms with E-state index in [1.54, 1.807) is 0 Å². The number of piperidine rings is 1. The summed E-state index contributed by atoms with van der Waals surface area (Å²) in [6.07, 6.45) is 6.85. The lowest BCUT2D eigenvalue weighted by Gasteiger charge is -2.38. The summed E-state index contributed by atoms with van der Waals surface area (Å²) >= 11 is 0. The van der Waals surface area contributed by atoms with Crippen LogP contribution in [0, 0.1) is 11.8 Å². The zero-order valence-electron chi connectivity index (χ0n) is 14.1. The SMILES string of the molecule is CCOc1ccccc1NC(=O)C[NH+]1CC[C@@H]2CCCC[C@@H]2C1. The third kappa shape index (κ3) is 4.25. The molecule has 4 nitrogen and oxygen atoms in total. The van der Waals surface area contributed by atoms with Crippen LogP contribution in [0.1, 0.15) is 39.0 Å². The molecule has 1 aliphatic carbocycles. The van der Waals surface area contributed by atoms with Crippen LogP contribution in [0.15, 0.2) is 24.3 Å². The van der Waals surface area contributed by atoms with E-state index >= 15 is 0 Å². The highest BCUT2D eigenvalue weighted by Crippen LogP contribution is 2.32. The molecule has 0 bridgehead atoms. The summed E-state index contributed by atoms with van der Waals surface area (Å²) in [7, 11) is 0. The zero-order valence-corrected chi connectivity index (χ0v) is 14.1. The largest absolute Gasteiger partial charge is 0.492 e. The Morgan fingerprint density at radius 1 is 1.22 bits per heavy atom. The number of hydrogen-bond donors (Lipinski definition) is 2. The lowest BCUT2D eigenvalue weighted by Crippen LogP contribution is -3.15. The molecule has 1 aliphatic heterocycles. The number of fused-ring (bicyclic) bond motifs is 1. The minimum atomic E-state index is 0.0985. The number of amides is 1. The molecule has 1 aromatic rings. The van der Waals surface area contributed by atoms with E-state index < -0.39 is 0 Å². The van der Waals surface area contributed by atoms with Gasteiger partial charge in [0, 0.05) is 5.92 Å². The van der Waals surface area contributed by atoms with Crippen molar-refractivity contribution in [3.63, 3.8) is 0 Å². The van der Waals surface area contributed by atoms with Crippen molar-refractivity contribution in [3.8, 4) is 5.75 Å². The predicted octanol–water partition coefficient (Wildman–Crippen LogP) is 2.12. The fourth-order valence-electron chi connectivity index (χ4n) is 4.23. The van der Waals surface area contributed by atoms with Crippen molar-refractivity contribution in [2.24, 2.45) is 11.8 Å². The van der Waals surface area contributed by atoms with Gasteiger partial charge >= 0.3 is 0 Å². The van der Waals surface area contributed by atoms with E-state index in [4.69, 9.17) is 4.74 Å². The van der Waals surface area contributed by atoms with Gasteiger partial charge in [-0.05, 0) is 44.2 Å². The van der Waals surface area contributed by atoms with E-state index in [0.29, 0.717) is 13.2 Å². The molecular formula is C19H29N2O2+. The van der Waals surface area contributed by atoms with Crippen LogP contribution in [-0.2, 0) is 4.79 Å². The summed E-state index contributed by atoms with van der Waals surface area (Å²) < 4.78 is 5.58. The molecular weight excluding hydrogens is 288 g/mol. The summed E-state index contributed by atoms with van der Waals surface area (Å²) in [5.41, 5.74) is 0.784. The average Bonchev–Trinajstić information content (AvgIpc) is 2.57. The number of ether oxygens (including phenoxy) is 1. The number of para-hydroxylation sites is 2. The zero-order chi connectivity index (χ0) is 16.1. The van der Waals surface area contributed by atoms with Crippen molar-refractivity contribution in [1.29, 1.82) is 0 Å². The third-order valence-electron chi connectivity index (χ3n) is 5.36. The number of nitrogens with one attached hydrogen (secondary N) is 2. The highest BCUT2D eigenvalue weighted by Gasteiger charge is 2.34. The fourth-order valence-corrected chi connectivity index (χ4v) is 4.23. The molecule has 2 aliphatic rings. The van der Waals surface area contributed by atoms with Crippen LogP contribution in [0.25, 0.3) is 0 Å². The second kappa shape index (κ2) is 7.82. The van der Waals surface area contributed by atoms with Gasteiger partial charge in [0.25, 0.3) is 5.91 Å². The van der Waals surface area contributed by atoms with Gasteiger partial charge in [-0.2, -0.15) is 0 Å². The van der Waals surface area contributed by atoms with Gasteiger partial charge in [-0.1, -0.05) is 25.0 Å². The number of anilines is 1. The summed E-state index contributed by atoms with van der Waals surface area (Å²) in [5.74, 6) is 2.62. The van der Waals surface area contributed by atoms with Crippen molar-refractivity contribution in [3.05, 3.63) is 24.3 Å². The van der Waals surface area contributed by atoms with Gasteiger partial charge in [0.1, 0.15) is 5.75 Å². The van der Waals surface area contributed by atoms with Gasteiger partial charge < -0.3 is 15.0 Å². The minimum absolute atomic E-state index is 0.0985. The fraction of sp³-hybridized carbons (Fsp3) is 0.632. The van der Waals surface area contributed by atoms with Crippen LogP contribution in [0.4, 0.5) is 5.69 Å². The van der Waals surface area contributed by atoms with Gasteiger partial charge in [-0.15, -0.1) is 0 Å². The molecule has 1 unspecified atom stereocenters. The van der Waals surface area contributed by atoms with Gasteiger partial charge in [-0.3, -0.25) is 4.79 Å². The number of rotatable bonds is 5. The molecule has 3 atom stereocenters. The Bertz CT molecular complexity index is 532. The number of likely N-dealkylation sites (tertiary alicyclic amines) is 1. The number of carbonyl (C=O) groups excluding carboxylic acids is 1. The third-order valence-corrected chi connectivity index (χ3v) is 5.36. The topological polar surface area (TPSA) is 42.8 Å². The Kier molecular flexibility index (Phi) is 5.55. The molecule has 1 saturated heterocycles. The van der Waals surface area contributed by atoms with Crippen molar-refractivity contribution in [2.45, 2.75) is 39.0 Å². The Hall–Kier alpha value is -1.55. The Morgan fingerprint density at radius 2 is 2.00 bits per heavy atom. The Balaban J connectivity index is 1.53. The van der Waals surface area contributed by atoms with Crippen LogP contribution in [0.5, 0.6) is 5.75 Å². The maximum absolute atomic E-state index is 12.4. The molecule has 1 amide bonds. The van der Waals surface area contributed by atoms with Crippen molar-refractivity contribution < 1.29 is 14.4 Å². The minimum Gasteiger partial charge on any atom is -0.492 e. The summed E-state index contributed by atoms with van der Waals surface area (Å²) in [5, 5.41) is 3.03. The Labute approximate surface area is 139 Å². The van der Waals surface area contributed by atoms with Crippen LogP contribution < -0.4 is 15.0 Å². The van der Waals surface area contributed by atoms with Crippen LogP contribution in [-0.4, -0.2) is 32.1 Å². The number of benzene rings is 1. The van der Waals surface area contributed by atoms with E-state index in [1.165, 1.54) is 43.5 Å². The van der Waals surface area contributed by atoms with Gasteiger partial charge in [-0.25, -0.2) is 0 Å². The maximum Gasteiger partial charge on any atom is 0.279 e. The first-order valence-corrected chi connectivity index (χ1v) is 9.11. The molecule has 23 heavy (non-hydrogen) atoms. The van der Waals surface area contributed by atoms with E-state index in [0.717, 1.165) is 29.8 Å². The van der Waals surface area contributed by atoms with Crippen LogP contribution in [0.2, 0.25) is 0 Å². The first-order valence-electron chi connectivity index (χ1n) is 9.11. The maximum atomic E-state index is 12.4. The molecule has 4 heteroatoms. The van der Waals surface area contributed by atoms with Crippen LogP contribution >= 0.6 is 0 Å². The summed E-state index contributed by atoms with van der Waals surface area (Å²) in [4.78, 5) is 13.9. The van der Waals surface area contributed by atoms with Gasteiger partial charge in [0.05, 0.1) is 25.4 Å². The normalized spacial score (nSPS) is 27.1. The molecule has 2 fully saturated rings. The number of quaternary nitrogens is 1. The highest BCUT2D eigenvalue weighted by molar-refractivity contribution is 5.92. The monoisotopic (exact) mass is 317 g/mol. The van der Waals surface area contributed by atoms with Crippen LogP contribution in [0.3, 0.4) is 0 Å². The second-order valence-corrected chi connectivity index (χ2v) is 6.95. The number of carbonyl (C=O) groups is 1.